The van der Waals surface area contributed by atoms with E-state index in [1.807, 2.05) is 24.3 Å². The Morgan fingerprint density at radius 2 is 2.05 bits per heavy atom. The van der Waals surface area contributed by atoms with Crippen LogP contribution in [0, 0.1) is 14.9 Å². The van der Waals surface area contributed by atoms with Crippen LogP contribution in [-0.4, -0.2) is 10.2 Å². The summed E-state index contributed by atoms with van der Waals surface area (Å²) < 4.78 is 6.59. The summed E-state index contributed by atoms with van der Waals surface area (Å²) in [6.07, 6.45) is 1.68. The molecule has 0 fully saturated rings. The van der Waals surface area contributed by atoms with Gasteiger partial charge in [0.05, 0.1) is 27.1 Å². The number of aromatic nitrogens is 2. The Hall–Kier alpha value is -2.40. The summed E-state index contributed by atoms with van der Waals surface area (Å²) >= 11 is 2.08. The van der Waals surface area contributed by atoms with E-state index in [2.05, 4.69) is 38.9 Å². The van der Waals surface area contributed by atoms with Crippen LogP contribution in [0.1, 0.15) is 5.56 Å². The van der Waals surface area contributed by atoms with Crippen molar-refractivity contribution in [2.75, 3.05) is 5.73 Å². The molecule has 102 valence electrons. The Morgan fingerprint density at radius 1 is 1.24 bits per heavy atom. The topological polar surface area (TPSA) is 84.8 Å². The van der Waals surface area contributed by atoms with E-state index < -0.39 is 0 Å². The van der Waals surface area contributed by atoms with Gasteiger partial charge in [0.2, 0.25) is 5.88 Å². The molecule has 0 unspecified atom stereocenters. The van der Waals surface area contributed by atoms with E-state index in [0.29, 0.717) is 22.9 Å². The summed E-state index contributed by atoms with van der Waals surface area (Å²) in [7, 11) is 0. The molecule has 0 aliphatic rings. The van der Waals surface area contributed by atoms with Crippen molar-refractivity contribution >= 4 is 39.1 Å². The van der Waals surface area contributed by atoms with Crippen molar-refractivity contribution in [3.8, 4) is 17.7 Å². The molecule has 0 atom stereocenters. The van der Waals surface area contributed by atoms with E-state index >= 15 is 0 Å². The van der Waals surface area contributed by atoms with Crippen molar-refractivity contribution in [2.24, 2.45) is 0 Å². The van der Waals surface area contributed by atoms with Gasteiger partial charge in [0.15, 0.2) is 5.75 Å². The molecule has 1 heterocycles. The number of hydrogen-bond acceptors (Lipinski definition) is 5. The zero-order chi connectivity index (χ0) is 14.8. The van der Waals surface area contributed by atoms with Crippen LogP contribution in [0.2, 0.25) is 0 Å². The lowest BCUT2D eigenvalue weighted by Crippen LogP contribution is -1.98. The first-order valence-corrected chi connectivity index (χ1v) is 7.14. The highest BCUT2D eigenvalue weighted by atomic mass is 127. The van der Waals surface area contributed by atoms with E-state index in [1.54, 1.807) is 18.3 Å². The Balaban J connectivity index is 2.10. The molecule has 3 aromatic rings. The fourth-order valence-corrected chi connectivity index (χ4v) is 2.72. The van der Waals surface area contributed by atoms with Gasteiger partial charge in [0.1, 0.15) is 0 Å². The van der Waals surface area contributed by atoms with Gasteiger partial charge >= 0.3 is 0 Å². The van der Waals surface area contributed by atoms with Crippen molar-refractivity contribution in [3.05, 3.63) is 51.7 Å². The number of hydrogen-bond donors (Lipinski definition) is 1. The molecule has 0 saturated heterocycles. The van der Waals surface area contributed by atoms with Crippen LogP contribution >= 0.6 is 22.6 Å². The van der Waals surface area contributed by atoms with Crippen molar-refractivity contribution in [2.45, 2.75) is 0 Å². The molecule has 6 heteroatoms. The second-order valence-corrected chi connectivity index (χ2v) is 5.49. The standard InChI is InChI=1S/C15H9IN4O/c16-12-5-9(7-17)6-13(18)14(12)21-15-11-4-2-1-3-10(11)8-19-20-15/h1-6,8H,18H2. The molecule has 2 aromatic carbocycles. The van der Waals surface area contributed by atoms with Crippen LogP contribution < -0.4 is 10.5 Å². The van der Waals surface area contributed by atoms with Crippen LogP contribution in [-0.2, 0) is 0 Å². The van der Waals surface area contributed by atoms with Crippen LogP contribution in [0.3, 0.4) is 0 Å². The third-order valence-corrected chi connectivity index (χ3v) is 3.74. The molecule has 1 aromatic heterocycles. The van der Waals surface area contributed by atoms with Crippen LogP contribution in [0.25, 0.3) is 10.8 Å². The summed E-state index contributed by atoms with van der Waals surface area (Å²) in [5.41, 5.74) is 6.85. The maximum absolute atomic E-state index is 8.94. The highest BCUT2D eigenvalue weighted by Gasteiger charge is 2.12. The van der Waals surface area contributed by atoms with Gasteiger partial charge in [0.25, 0.3) is 0 Å². The van der Waals surface area contributed by atoms with Gasteiger partial charge in [0, 0.05) is 10.8 Å². The molecule has 0 aliphatic heterocycles. The zero-order valence-corrected chi connectivity index (χ0v) is 12.9. The predicted molar refractivity (Wildman–Crippen MR) is 87.9 cm³/mol. The minimum atomic E-state index is 0.391. The van der Waals surface area contributed by atoms with Crippen molar-refractivity contribution < 1.29 is 4.74 Å². The van der Waals surface area contributed by atoms with Crippen molar-refractivity contribution in [1.29, 1.82) is 5.26 Å². The molecule has 2 N–H and O–H groups in total. The molecule has 21 heavy (non-hydrogen) atoms. The second-order valence-electron chi connectivity index (χ2n) is 4.33. The molecule has 3 rings (SSSR count). The Morgan fingerprint density at radius 3 is 2.81 bits per heavy atom. The number of nitrogen functional groups attached to an aromatic ring is 1. The van der Waals surface area contributed by atoms with Crippen LogP contribution in [0.5, 0.6) is 11.6 Å². The first-order valence-electron chi connectivity index (χ1n) is 6.06. The molecular weight excluding hydrogens is 379 g/mol. The van der Waals surface area contributed by atoms with Gasteiger partial charge in [-0.3, -0.25) is 0 Å². The normalized spacial score (nSPS) is 10.3. The number of nitriles is 1. The summed E-state index contributed by atoms with van der Waals surface area (Å²) in [6, 6.07) is 13.0. The summed E-state index contributed by atoms with van der Waals surface area (Å²) in [5.74, 6) is 0.877. The van der Waals surface area contributed by atoms with Crippen molar-refractivity contribution in [1.82, 2.24) is 10.2 Å². The van der Waals surface area contributed by atoms with Crippen molar-refractivity contribution in [3.63, 3.8) is 0 Å². The van der Waals surface area contributed by atoms with Gasteiger partial charge in [-0.1, -0.05) is 18.2 Å². The maximum atomic E-state index is 8.94. The minimum absolute atomic E-state index is 0.391. The Bertz CT molecular complexity index is 845. The molecule has 5 nitrogen and oxygen atoms in total. The van der Waals surface area contributed by atoms with E-state index in [-0.39, 0.29) is 0 Å². The number of nitrogens with two attached hydrogens (primary N) is 1. The number of ether oxygens (including phenoxy) is 1. The highest BCUT2D eigenvalue weighted by Crippen LogP contribution is 2.35. The summed E-state index contributed by atoms with van der Waals surface area (Å²) in [5, 5.41) is 18.7. The number of anilines is 1. The second kappa shape index (κ2) is 5.54. The molecule has 0 spiro atoms. The first-order chi connectivity index (χ1) is 10.2. The number of nitrogens with zero attached hydrogens (tertiary/aromatic N) is 3. The maximum Gasteiger partial charge on any atom is 0.246 e. The predicted octanol–water partition coefficient (Wildman–Crippen LogP) is 3.48. The van der Waals surface area contributed by atoms with Crippen LogP contribution in [0.15, 0.2) is 42.6 Å². The number of rotatable bonds is 2. The van der Waals surface area contributed by atoms with Gasteiger partial charge in [-0.2, -0.15) is 10.4 Å². The summed E-state index contributed by atoms with van der Waals surface area (Å²) in [4.78, 5) is 0. The lowest BCUT2D eigenvalue weighted by Gasteiger charge is -2.11. The molecular formula is C15H9IN4O. The quantitative estimate of drug-likeness (QED) is 0.537. The van der Waals surface area contributed by atoms with Gasteiger partial charge in [-0.15, -0.1) is 5.10 Å². The average Bonchev–Trinajstić information content (AvgIpc) is 2.50. The molecule has 0 radical (unpaired) electrons. The van der Waals surface area contributed by atoms with Crippen LogP contribution in [0.4, 0.5) is 5.69 Å². The SMILES string of the molecule is N#Cc1cc(N)c(Oc2nncc3ccccc23)c(I)c1. The minimum Gasteiger partial charge on any atom is -0.434 e. The monoisotopic (exact) mass is 388 g/mol. The lowest BCUT2D eigenvalue weighted by atomic mass is 10.2. The number of benzene rings is 2. The summed E-state index contributed by atoms with van der Waals surface area (Å²) in [6.45, 7) is 0. The van der Waals surface area contributed by atoms with E-state index in [9.17, 15) is 0 Å². The van der Waals surface area contributed by atoms with Gasteiger partial charge in [-0.25, -0.2) is 0 Å². The molecule has 0 aliphatic carbocycles. The first kappa shape index (κ1) is 13.6. The molecule has 0 bridgehead atoms. The molecule has 0 saturated carbocycles. The Kier molecular flexibility index (Phi) is 3.58. The number of halogens is 1. The third kappa shape index (κ3) is 2.60. The van der Waals surface area contributed by atoms with Gasteiger partial charge < -0.3 is 10.5 Å². The highest BCUT2D eigenvalue weighted by molar-refractivity contribution is 14.1. The fourth-order valence-electron chi connectivity index (χ4n) is 1.96. The lowest BCUT2D eigenvalue weighted by molar-refractivity contribution is 0.461. The Labute approximate surface area is 134 Å². The fraction of sp³-hybridized carbons (Fsp3) is 0. The van der Waals surface area contributed by atoms with E-state index in [1.165, 1.54) is 0 Å². The van der Waals surface area contributed by atoms with E-state index in [0.717, 1.165) is 14.3 Å². The van der Waals surface area contributed by atoms with Gasteiger partial charge in [-0.05, 0) is 40.8 Å². The third-order valence-electron chi connectivity index (χ3n) is 2.94. The van der Waals surface area contributed by atoms with E-state index in [4.69, 9.17) is 15.7 Å². The average molecular weight is 388 g/mol. The smallest absolute Gasteiger partial charge is 0.246 e. The number of fused-ring (bicyclic) bond motifs is 1. The zero-order valence-electron chi connectivity index (χ0n) is 10.7. The largest absolute Gasteiger partial charge is 0.434 e. The molecule has 0 amide bonds.